The molecule has 40 heavy (non-hydrogen) atoms. The van der Waals surface area contributed by atoms with Crippen molar-refractivity contribution in [2.45, 2.75) is 20.0 Å². The van der Waals surface area contributed by atoms with Crippen molar-refractivity contribution in [2.75, 3.05) is 5.32 Å². The molecular weight excluding hydrogens is 549 g/mol. The molecule has 0 saturated carbocycles. The number of alkyl halides is 3. The van der Waals surface area contributed by atoms with Crippen LogP contribution in [0.5, 0.6) is 17.2 Å². The summed E-state index contributed by atoms with van der Waals surface area (Å²) >= 11 is 0. The Morgan fingerprint density at radius 2 is 1.43 bits per heavy atom. The Morgan fingerprint density at radius 1 is 0.825 bits per heavy atom. The topological polar surface area (TPSA) is 91.4 Å². The number of halogens is 7. The van der Waals surface area contributed by atoms with Crippen LogP contribution in [0.15, 0.2) is 65.6 Å². The van der Waals surface area contributed by atoms with Crippen LogP contribution in [0, 0.1) is 37.1 Å². The molecule has 6 nitrogen and oxygen atoms in total. The van der Waals surface area contributed by atoms with E-state index in [1.165, 1.54) is 38.2 Å². The molecule has 0 fully saturated rings. The highest BCUT2D eigenvalue weighted by Gasteiger charge is 2.32. The molecular formula is C27H19F7N2O4. The summed E-state index contributed by atoms with van der Waals surface area (Å²) in [4.78, 5) is 26.2. The van der Waals surface area contributed by atoms with Gasteiger partial charge in [0, 0.05) is 18.0 Å². The number of H-pyrrole nitrogens is 1. The van der Waals surface area contributed by atoms with Crippen LogP contribution < -0.4 is 15.6 Å². The number of nitrogens with one attached hydrogen (secondary N) is 2. The van der Waals surface area contributed by atoms with Gasteiger partial charge in [0.2, 0.25) is 17.2 Å². The first-order valence-electron chi connectivity index (χ1n) is 11.2. The minimum absolute atomic E-state index is 0.000430. The number of phenolic OH excluding ortho intramolecular Hbond substituents is 1. The van der Waals surface area contributed by atoms with Crippen LogP contribution in [0.3, 0.4) is 0 Å². The van der Waals surface area contributed by atoms with Gasteiger partial charge in [-0.25, -0.2) is 8.78 Å². The van der Waals surface area contributed by atoms with Gasteiger partial charge in [-0.2, -0.15) is 22.0 Å². The molecule has 0 bridgehead atoms. The monoisotopic (exact) mass is 568 g/mol. The molecule has 0 radical (unpaired) electrons. The number of aryl methyl sites for hydroxylation is 2. The number of aromatic amines is 1. The lowest BCUT2D eigenvalue weighted by Gasteiger charge is -2.15. The SMILES string of the molecule is Cc1ccc(O)c(F)c1F.Cc1ccc(Oc2ccc(C(F)(F)F)cc2C(=O)Nc2cc[nH]c(=O)c2)c(F)c1F. The molecule has 13 heteroatoms. The van der Waals surface area contributed by atoms with E-state index in [1.807, 2.05) is 0 Å². The van der Waals surface area contributed by atoms with Gasteiger partial charge in [0.25, 0.3) is 5.91 Å². The highest BCUT2D eigenvalue weighted by atomic mass is 19.4. The summed E-state index contributed by atoms with van der Waals surface area (Å²) in [6.07, 6.45) is -3.54. The fraction of sp³-hybridized carbons (Fsp3) is 0.111. The molecule has 1 amide bonds. The number of carbonyl (C=O) groups is 1. The predicted molar refractivity (Wildman–Crippen MR) is 130 cm³/mol. The molecule has 0 aliphatic rings. The highest BCUT2D eigenvalue weighted by Crippen LogP contribution is 2.35. The maximum Gasteiger partial charge on any atom is 0.416 e. The fourth-order valence-electron chi connectivity index (χ4n) is 3.15. The molecule has 1 aromatic heterocycles. The first-order chi connectivity index (χ1) is 18.7. The average Bonchev–Trinajstić information content (AvgIpc) is 2.90. The Morgan fingerprint density at radius 3 is 2.02 bits per heavy atom. The summed E-state index contributed by atoms with van der Waals surface area (Å²) < 4.78 is 97.3. The molecule has 3 aromatic carbocycles. The smallest absolute Gasteiger partial charge is 0.416 e. The first kappa shape index (κ1) is 29.7. The second-order valence-electron chi connectivity index (χ2n) is 8.24. The lowest BCUT2D eigenvalue weighted by Crippen LogP contribution is -2.16. The Bertz CT molecular complexity index is 1590. The second-order valence-corrected chi connectivity index (χ2v) is 8.24. The van der Waals surface area contributed by atoms with Gasteiger partial charge in [-0.1, -0.05) is 12.1 Å². The molecule has 1 heterocycles. The molecule has 0 aliphatic carbocycles. The number of hydrogen-bond acceptors (Lipinski definition) is 4. The molecule has 0 spiro atoms. The van der Waals surface area contributed by atoms with Gasteiger partial charge in [-0.15, -0.1) is 0 Å². The van der Waals surface area contributed by atoms with Crippen LogP contribution in [0.25, 0.3) is 0 Å². The molecule has 210 valence electrons. The molecule has 4 aromatic rings. The van der Waals surface area contributed by atoms with Crippen molar-refractivity contribution in [3.05, 3.63) is 117 Å². The number of hydrogen-bond donors (Lipinski definition) is 3. The molecule has 3 N–H and O–H groups in total. The number of aromatic hydroxyl groups is 1. The summed E-state index contributed by atoms with van der Waals surface area (Å²) in [5.74, 6) is -7.45. The summed E-state index contributed by atoms with van der Waals surface area (Å²) in [7, 11) is 0. The molecule has 4 rings (SSSR count). The zero-order chi connectivity index (χ0) is 29.8. The summed E-state index contributed by atoms with van der Waals surface area (Å²) in [6.45, 7) is 2.75. The van der Waals surface area contributed by atoms with Gasteiger partial charge in [0.1, 0.15) is 5.75 Å². The third-order valence-corrected chi connectivity index (χ3v) is 5.30. The Balaban J connectivity index is 0.000000371. The molecule has 0 atom stereocenters. The number of ether oxygens (including phenoxy) is 1. The predicted octanol–water partition coefficient (Wildman–Crippen LogP) is 7.00. The van der Waals surface area contributed by atoms with E-state index < -0.39 is 69.3 Å². The zero-order valence-electron chi connectivity index (χ0n) is 20.6. The normalized spacial score (nSPS) is 10.9. The zero-order valence-corrected chi connectivity index (χ0v) is 20.6. The third-order valence-electron chi connectivity index (χ3n) is 5.30. The van der Waals surface area contributed by atoms with Crippen LogP contribution in [0.1, 0.15) is 27.0 Å². The van der Waals surface area contributed by atoms with Crippen molar-refractivity contribution in [1.29, 1.82) is 0 Å². The molecule has 0 aliphatic heterocycles. The van der Waals surface area contributed by atoms with Crippen molar-refractivity contribution in [1.82, 2.24) is 4.98 Å². The second kappa shape index (κ2) is 11.9. The van der Waals surface area contributed by atoms with Crippen molar-refractivity contribution in [3.8, 4) is 17.2 Å². The third kappa shape index (κ3) is 6.98. The number of anilines is 1. The first-order valence-corrected chi connectivity index (χ1v) is 11.2. The summed E-state index contributed by atoms with van der Waals surface area (Å²) in [5.41, 5.74) is -2.09. The maximum absolute atomic E-state index is 14.1. The Labute approximate surface area is 221 Å². The number of rotatable bonds is 4. The van der Waals surface area contributed by atoms with E-state index >= 15 is 0 Å². The number of pyridine rings is 1. The maximum atomic E-state index is 14.1. The van der Waals surface area contributed by atoms with Crippen LogP contribution >= 0.6 is 0 Å². The number of carbonyl (C=O) groups excluding carboxylic acids is 1. The minimum atomic E-state index is -4.77. The number of benzene rings is 3. The lowest BCUT2D eigenvalue weighted by molar-refractivity contribution is -0.137. The van der Waals surface area contributed by atoms with E-state index in [-0.39, 0.29) is 16.8 Å². The standard InChI is InChI=1S/C20H13F5N2O3.C7H6F2O/c1-10-2-4-15(18(22)17(10)21)30-14-5-3-11(20(23,24)25)8-13(14)19(29)27-12-6-7-26-16(28)9-12;1-4-2-3-5(10)7(9)6(4)8/h2-9H,1H3,(H2,26,27,28,29);2-3,10H,1H3. The number of phenols is 1. The van der Waals surface area contributed by atoms with Crippen molar-refractivity contribution in [2.24, 2.45) is 0 Å². The van der Waals surface area contributed by atoms with E-state index in [0.29, 0.717) is 12.1 Å². The van der Waals surface area contributed by atoms with Gasteiger partial charge in [-0.3, -0.25) is 9.59 Å². The molecule has 0 saturated heterocycles. The van der Waals surface area contributed by atoms with Crippen LogP contribution in [-0.2, 0) is 6.18 Å². The number of amides is 1. The van der Waals surface area contributed by atoms with E-state index in [4.69, 9.17) is 9.84 Å². The van der Waals surface area contributed by atoms with Crippen LogP contribution in [0.2, 0.25) is 0 Å². The van der Waals surface area contributed by atoms with Gasteiger partial charge in [-0.05, 0) is 61.4 Å². The van der Waals surface area contributed by atoms with E-state index in [0.717, 1.165) is 24.3 Å². The van der Waals surface area contributed by atoms with Crippen molar-refractivity contribution in [3.63, 3.8) is 0 Å². The largest absolute Gasteiger partial charge is 0.505 e. The van der Waals surface area contributed by atoms with Crippen LogP contribution in [-0.4, -0.2) is 16.0 Å². The van der Waals surface area contributed by atoms with Crippen molar-refractivity contribution >= 4 is 11.6 Å². The highest BCUT2D eigenvalue weighted by molar-refractivity contribution is 6.06. The van der Waals surface area contributed by atoms with Gasteiger partial charge < -0.3 is 20.1 Å². The van der Waals surface area contributed by atoms with E-state index in [9.17, 15) is 40.3 Å². The average molecular weight is 568 g/mol. The molecule has 0 unspecified atom stereocenters. The minimum Gasteiger partial charge on any atom is -0.505 e. The van der Waals surface area contributed by atoms with E-state index in [2.05, 4.69) is 10.3 Å². The van der Waals surface area contributed by atoms with E-state index in [1.54, 1.807) is 0 Å². The summed E-state index contributed by atoms with van der Waals surface area (Å²) in [6, 6.07) is 9.04. The van der Waals surface area contributed by atoms with Crippen molar-refractivity contribution < 1.29 is 45.4 Å². The van der Waals surface area contributed by atoms with Gasteiger partial charge >= 0.3 is 6.18 Å². The van der Waals surface area contributed by atoms with Gasteiger partial charge in [0.05, 0.1) is 11.1 Å². The Hall–Kier alpha value is -4.81. The van der Waals surface area contributed by atoms with Gasteiger partial charge in [0.15, 0.2) is 23.1 Å². The summed E-state index contributed by atoms with van der Waals surface area (Å²) in [5, 5.41) is 10.9. The Kier molecular flexibility index (Phi) is 8.87. The lowest BCUT2D eigenvalue weighted by atomic mass is 10.1. The fourth-order valence-corrected chi connectivity index (χ4v) is 3.15. The van der Waals surface area contributed by atoms with Crippen LogP contribution in [0.4, 0.5) is 36.4 Å². The quantitative estimate of drug-likeness (QED) is 0.231. The number of aromatic nitrogens is 1.